The van der Waals surface area contributed by atoms with Gasteiger partial charge in [-0.05, 0) is 37.5 Å². The van der Waals surface area contributed by atoms with Gasteiger partial charge in [-0.25, -0.2) is 0 Å². The van der Waals surface area contributed by atoms with Gasteiger partial charge in [-0.3, -0.25) is 9.59 Å². The zero-order valence-corrected chi connectivity index (χ0v) is 20.4. The third-order valence-corrected chi connectivity index (χ3v) is 6.69. The van der Waals surface area contributed by atoms with Crippen molar-refractivity contribution in [2.24, 2.45) is 5.41 Å². The van der Waals surface area contributed by atoms with Crippen LogP contribution in [0.15, 0.2) is 34.9 Å². The number of piperidine rings is 1. The summed E-state index contributed by atoms with van der Waals surface area (Å²) in [5.41, 5.74) is -0.198. The van der Waals surface area contributed by atoms with Crippen molar-refractivity contribution in [3.63, 3.8) is 0 Å². The van der Waals surface area contributed by atoms with Crippen molar-refractivity contribution in [3.8, 4) is 5.75 Å². The largest absolute Gasteiger partial charge is 0.493 e. The molecule has 0 aliphatic carbocycles. The van der Waals surface area contributed by atoms with Crippen LogP contribution in [0, 0.1) is 5.41 Å². The standard InChI is InChI=1S/C25H32ClN3O5/c1-2-5-21-15-22(27-34-21)24(31)29-9-4-8-25(17-29,16-23(30)28-10-12-32-13-11-28)18-33-20-7-3-6-19(26)14-20/h3,6-7,14-15H,2,4-5,8-13,16-18H2,1H3/t25-/m0/s1. The Morgan fingerprint density at radius 1 is 1.18 bits per heavy atom. The Labute approximate surface area is 205 Å². The number of likely N-dealkylation sites (tertiary alicyclic amines) is 1. The Bertz CT molecular complexity index is 990. The van der Waals surface area contributed by atoms with E-state index in [-0.39, 0.29) is 11.8 Å². The van der Waals surface area contributed by atoms with Gasteiger partial charge in [0.1, 0.15) is 11.5 Å². The second kappa shape index (κ2) is 11.2. The van der Waals surface area contributed by atoms with Gasteiger partial charge in [0.05, 0.1) is 19.8 Å². The molecule has 0 spiro atoms. The molecule has 0 saturated carbocycles. The molecule has 2 amide bonds. The molecule has 2 aliphatic heterocycles. The quantitative estimate of drug-likeness (QED) is 0.560. The lowest BCUT2D eigenvalue weighted by Crippen LogP contribution is -2.52. The first-order valence-corrected chi connectivity index (χ1v) is 12.3. The lowest BCUT2D eigenvalue weighted by atomic mass is 9.77. The molecule has 9 heteroatoms. The van der Waals surface area contributed by atoms with E-state index in [1.807, 2.05) is 24.0 Å². The fraction of sp³-hybridized carbons (Fsp3) is 0.560. The number of aromatic nitrogens is 1. The first kappa shape index (κ1) is 24.5. The highest BCUT2D eigenvalue weighted by Gasteiger charge is 2.41. The van der Waals surface area contributed by atoms with Gasteiger partial charge in [-0.1, -0.05) is 29.7 Å². The number of carbonyl (C=O) groups excluding carboxylic acids is 2. The maximum atomic E-state index is 13.2. The monoisotopic (exact) mass is 489 g/mol. The van der Waals surface area contributed by atoms with Gasteiger partial charge in [0.15, 0.2) is 5.69 Å². The number of carbonyl (C=O) groups is 2. The summed E-state index contributed by atoms with van der Waals surface area (Å²) < 4.78 is 16.9. The number of amides is 2. The molecule has 1 atom stereocenters. The lowest BCUT2D eigenvalue weighted by Gasteiger charge is -2.43. The topological polar surface area (TPSA) is 85.1 Å². The number of benzene rings is 1. The molecule has 2 saturated heterocycles. The summed E-state index contributed by atoms with van der Waals surface area (Å²) in [4.78, 5) is 30.1. The minimum atomic E-state index is -0.512. The zero-order chi connectivity index (χ0) is 24.0. The van der Waals surface area contributed by atoms with Crippen LogP contribution < -0.4 is 4.74 Å². The molecule has 2 aromatic rings. The highest BCUT2D eigenvalue weighted by molar-refractivity contribution is 6.30. The van der Waals surface area contributed by atoms with Crippen LogP contribution in [0.4, 0.5) is 0 Å². The number of aryl methyl sites for hydroxylation is 1. The van der Waals surface area contributed by atoms with Crippen LogP contribution in [0.3, 0.4) is 0 Å². The van der Waals surface area contributed by atoms with Crippen molar-refractivity contribution in [2.75, 3.05) is 46.0 Å². The minimum absolute atomic E-state index is 0.0685. The molecule has 0 bridgehead atoms. The summed E-state index contributed by atoms with van der Waals surface area (Å²) in [6.45, 7) is 5.67. The second-order valence-electron chi connectivity index (χ2n) is 9.17. The fourth-order valence-corrected chi connectivity index (χ4v) is 4.85. The van der Waals surface area contributed by atoms with E-state index in [2.05, 4.69) is 5.16 Å². The van der Waals surface area contributed by atoms with Crippen molar-refractivity contribution in [1.29, 1.82) is 0 Å². The Morgan fingerprint density at radius 2 is 2.00 bits per heavy atom. The maximum Gasteiger partial charge on any atom is 0.276 e. The van der Waals surface area contributed by atoms with Crippen molar-refractivity contribution in [2.45, 2.75) is 39.0 Å². The average Bonchev–Trinajstić information content (AvgIpc) is 3.32. The number of rotatable bonds is 8. The molecular formula is C25H32ClN3O5. The van der Waals surface area contributed by atoms with Crippen LogP contribution in [0.1, 0.15) is 48.9 Å². The predicted molar refractivity (Wildman–Crippen MR) is 127 cm³/mol. The molecule has 8 nitrogen and oxygen atoms in total. The molecule has 1 aromatic carbocycles. The Morgan fingerprint density at radius 3 is 2.76 bits per heavy atom. The molecule has 184 valence electrons. The van der Waals surface area contributed by atoms with E-state index in [0.29, 0.717) is 74.6 Å². The van der Waals surface area contributed by atoms with Crippen molar-refractivity contribution in [3.05, 3.63) is 46.8 Å². The number of ether oxygens (including phenoxy) is 2. The van der Waals surface area contributed by atoms with Crippen molar-refractivity contribution in [1.82, 2.24) is 15.0 Å². The lowest BCUT2D eigenvalue weighted by molar-refractivity contribution is -0.139. The maximum absolute atomic E-state index is 13.2. The summed E-state index contributed by atoms with van der Waals surface area (Å²) >= 11 is 6.12. The summed E-state index contributed by atoms with van der Waals surface area (Å²) in [6.07, 6.45) is 3.52. The minimum Gasteiger partial charge on any atom is -0.493 e. The van der Waals surface area contributed by atoms with E-state index in [0.717, 1.165) is 25.7 Å². The highest BCUT2D eigenvalue weighted by Crippen LogP contribution is 2.36. The Hall–Kier alpha value is -2.58. The van der Waals surface area contributed by atoms with Crippen LogP contribution >= 0.6 is 11.6 Å². The van der Waals surface area contributed by atoms with Crippen molar-refractivity contribution < 1.29 is 23.6 Å². The number of hydrogen-bond donors (Lipinski definition) is 0. The molecule has 2 aliphatic rings. The summed E-state index contributed by atoms with van der Waals surface area (Å²) in [5, 5.41) is 4.58. The highest BCUT2D eigenvalue weighted by atomic mass is 35.5. The first-order valence-electron chi connectivity index (χ1n) is 12.0. The van der Waals surface area contributed by atoms with Gasteiger partial charge in [0, 0.05) is 55.5 Å². The Balaban J connectivity index is 1.51. The van der Waals surface area contributed by atoms with Gasteiger partial charge in [0.2, 0.25) is 5.91 Å². The van der Waals surface area contributed by atoms with Gasteiger partial charge >= 0.3 is 0 Å². The van der Waals surface area contributed by atoms with Crippen LogP contribution in [-0.2, 0) is 16.0 Å². The van der Waals surface area contributed by atoms with E-state index in [1.54, 1.807) is 23.1 Å². The number of morpholine rings is 1. The van der Waals surface area contributed by atoms with Gasteiger partial charge in [0.25, 0.3) is 5.91 Å². The molecule has 3 heterocycles. The van der Waals surface area contributed by atoms with E-state index in [1.165, 1.54) is 0 Å². The molecule has 2 fully saturated rings. The van der Waals surface area contributed by atoms with Crippen LogP contribution in [0.25, 0.3) is 0 Å². The van der Waals surface area contributed by atoms with E-state index in [4.69, 9.17) is 25.6 Å². The average molecular weight is 490 g/mol. The predicted octanol–water partition coefficient (Wildman–Crippen LogP) is 3.83. The number of nitrogens with zero attached hydrogens (tertiary/aromatic N) is 3. The fourth-order valence-electron chi connectivity index (χ4n) is 4.67. The summed E-state index contributed by atoms with van der Waals surface area (Å²) in [6, 6.07) is 8.95. The van der Waals surface area contributed by atoms with E-state index >= 15 is 0 Å². The Kier molecular flexibility index (Phi) is 8.11. The third-order valence-electron chi connectivity index (χ3n) is 6.45. The smallest absolute Gasteiger partial charge is 0.276 e. The third kappa shape index (κ3) is 6.10. The van der Waals surface area contributed by atoms with Crippen LogP contribution in [-0.4, -0.2) is 72.8 Å². The molecule has 0 N–H and O–H groups in total. The van der Waals surface area contributed by atoms with Crippen LogP contribution in [0.5, 0.6) is 5.75 Å². The van der Waals surface area contributed by atoms with E-state index < -0.39 is 5.41 Å². The molecule has 1 aromatic heterocycles. The molecule has 0 radical (unpaired) electrons. The molecule has 4 rings (SSSR count). The molecular weight excluding hydrogens is 458 g/mol. The summed E-state index contributed by atoms with van der Waals surface area (Å²) in [5.74, 6) is 1.26. The SMILES string of the molecule is CCCc1cc(C(=O)N2CCC[C@](COc3cccc(Cl)c3)(CC(=O)N3CCOCC3)C2)no1. The normalized spacial score (nSPS) is 20.9. The summed E-state index contributed by atoms with van der Waals surface area (Å²) in [7, 11) is 0. The molecule has 34 heavy (non-hydrogen) atoms. The first-order chi connectivity index (χ1) is 16.5. The second-order valence-corrected chi connectivity index (χ2v) is 9.61. The van der Waals surface area contributed by atoms with Crippen LogP contribution in [0.2, 0.25) is 5.02 Å². The number of hydrogen-bond acceptors (Lipinski definition) is 6. The van der Waals surface area contributed by atoms with Gasteiger partial charge in [-0.2, -0.15) is 0 Å². The number of halogens is 1. The zero-order valence-electron chi connectivity index (χ0n) is 19.6. The van der Waals surface area contributed by atoms with Gasteiger partial charge < -0.3 is 23.8 Å². The molecule has 0 unspecified atom stereocenters. The van der Waals surface area contributed by atoms with E-state index in [9.17, 15) is 9.59 Å². The van der Waals surface area contributed by atoms with Crippen molar-refractivity contribution >= 4 is 23.4 Å². The van der Waals surface area contributed by atoms with Gasteiger partial charge in [-0.15, -0.1) is 0 Å².